The van der Waals surface area contributed by atoms with Gasteiger partial charge in [0.25, 0.3) is 11.8 Å². The molecule has 2 aromatic rings. The van der Waals surface area contributed by atoms with Gasteiger partial charge in [-0.3, -0.25) is 14.4 Å². The maximum Gasteiger partial charge on any atom is 0.325 e. The van der Waals surface area contributed by atoms with Gasteiger partial charge in [0.1, 0.15) is 12.3 Å². The molecule has 0 aliphatic rings. The number of ether oxygens (including phenoxy) is 2. The summed E-state index contributed by atoms with van der Waals surface area (Å²) in [5.41, 5.74) is 2.68. The van der Waals surface area contributed by atoms with Crippen LogP contribution in [0.2, 0.25) is 0 Å². The molecule has 0 aliphatic heterocycles. The zero-order valence-corrected chi connectivity index (χ0v) is 16.0. The van der Waals surface area contributed by atoms with Gasteiger partial charge in [-0.25, -0.2) is 0 Å². The molecule has 7 heteroatoms. The van der Waals surface area contributed by atoms with Crippen molar-refractivity contribution in [2.24, 2.45) is 0 Å². The summed E-state index contributed by atoms with van der Waals surface area (Å²) in [6.07, 6.45) is 0.697. The fourth-order valence-corrected chi connectivity index (χ4v) is 2.49. The minimum absolute atomic E-state index is 0.327. The van der Waals surface area contributed by atoms with Gasteiger partial charge in [0.05, 0.1) is 7.11 Å². The third-order valence-corrected chi connectivity index (χ3v) is 4.07. The molecule has 2 rings (SSSR count). The van der Waals surface area contributed by atoms with Crippen LogP contribution in [0.25, 0.3) is 0 Å². The molecular weight excluding hydrogens is 360 g/mol. The van der Waals surface area contributed by atoms with Crippen molar-refractivity contribution < 1.29 is 23.9 Å². The van der Waals surface area contributed by atoms with Gasteiger partial charge in [0.2, 0.25) is 0 Å². The van der Waals surface area contributed by atoms with Crippen molar-refractivity contribution >= 4 is 17.8 Å². The SMILES string of the molecule is COc1cccc(C(=O)NCC(=O)OCC(=O)NCCc2ccccc2C)c1. The quantitative estimate of drug-likeness (QED) is 0.641. The van der Waals surface area contributed by atoms with Gasteiger partial charge in [-0.15, -0.1) is 0 Å². The van der Waals surface area contributed by atoms with Crippen molar-refractivity contribution in [2.75, 3.05) is 26.8 Å². The van der Waals surface area contributed by atoms with Crippen LogP contribution >= 0.6 is 0 Å². The van der Waals surface area contributed by atoms with E-state index in [2.05, 4.69) is 10.6 Å². The summed E-state index contributed by atoms with van der Waals surface area (Å²) in [7, 11) is 1.50. The van der Waals surface area contributed by atoms with E-state index in [0.717, 1.165) is 11.1 Å². The van der Waals surface area contributed by atoms with Gasteiger partial charge in [0.15, 0.2) is 6.61 Å². The lowest BCUT2D eigenvalue weighted by Crippen LogP contribution is -2.34. The molecule has 0 saturated heterocycles. The summed E-state index contributed by atoms with van der Waals surface area (Å²) < 4.78 is 9.92. The van der Waals surface area contributed by atoms with E-state index >= 15 is 0 Å². The molecule has 2 N–H and O–H groups in total. The summed E-state index contributed by atoms with van der Waals surface area (Å²) in [6, 6.07) is 14.5. The van der Waals surface area contributed by atoms with Gasteiger partial charge < -0.3 is 20.1 Å². The fourth-order valence-electron chi connectivity index (χ4n) is 2.49. The van der Waals surface area contributed by atoms with E-state index in [1.807, 2.05) is 31.2 Å². The summed E-state index contributed by atoms with van der Waals surface area (Å²) in [6.45, 7) is 1.75. The third-order valence-electron chi connectivity index (χ3n) is 4.07. The Kier molecular flexibility index (Phi) is 8.02. The summed E-state index contributed by atoms with van der Waals surface area (Å²) in [4.78, 5) is 35.5. The highest BCUT2D eigenvalue weighted by atomic mass is 16.5. The number of benzene rings is 2. The highest BCUT2D eigenvalue weighted by Gasteiger charge is 2.11. The van der Waals surface area contributed by atoms with Gasteiger partial charge in [-0.1, -0.05) is 30.3 Å². The zero-order chi connectivity index (χ0) is 20.4. The molecule has 0 aromatic heterocycles. The molecule has 2 amide bonds. The summed E-state index contributed by atoms with van der Waals surface area (Å²) in [5.74, 6) is -0.970. The lowest BCUT2D eigenvalue weighted by atomic mass is 10.1. The van der Waals surface area contributed by atoms with E-state index in [1.54, 1.807) is 24.3 Å². The lowest BCUT2D eigenvalue weighted by molar-refractivity contribution is -0.147. The average molecular weight is 384 g/mol. The van der Waals surface area contributed by atoms with E-state index < -0.39 is 11.9 Å². The van der Waals surface area contributed by atoms with Crippen LogP contribution in [-0.4, -0.2) is 44.6 Å². The predicted molar refractivity (Wildman–Crippen MR) is 104 cm³/mol. The number of hydrogen-bond acceptors (Lipinski definition) is 5. The van der Waals surface area contributed by atoms with Crippen molar-refractivity contribution in [3.8, 4) is 5.75 Å². The van der Waals surface area contributed by atoms with Crippen molar-refractivity contribution in [3.63, 3.8) is 0 Å². The largest absolute Gasteiger partial charge is 0.497 e. The van der Waals surface area contributed by atoms with Crippen LogP contribution in [0.5, 0.6) is 5.75 Å². The molecule has 148 valence electrons. The van der Waals surface area contributed by atoms with E-state index in [-0.39, 0.29) is 19.1 Å². The molecule has 28 heavy (non-hydrogen) atoms. The molecule has 0 fully saturated rings. The van der Waals surface area contributed by atoms with Gasteiger partial charge in [-0.2, -0.15) is 0 Å². The Balaban J connectivity index is 1.65. The van der Waals surface area contributed by atoms with E-state index in [1.165, 1.54) is 7.11 Å². The van der Waals surface area contributed by atoms with Crippen LogP contribution in [0.4, 0.5) is 0 Å². The Bertz CT molecular complexity index is 835. The molecule has 0 bridgehead atoms. The number of aryl methyl sites for hydroxylation is 1. The molecule has 0 saturated carbocycles. The van der Waals surface area contributed by atoms with Crippen molar-refractivity contribution in [1.29, 1.82) is 0 Å². The molecule has 2 aromatic carbocycles. The van der Waals surface area contributed by atoms with Crippen molar-refractivity contribution in [1.82, 2.24) is 10.6 Å². The number of methoxy groups -OCH3 is 1. The zero-order valence-electron chi connectivity index (χ0n) is 16.0. The molecule has 7 nitrogen and oxygen atoms in total. The van der Waals surface area contributed by atoms with Gasteiger partial charge in [0, 0.05) is 12.1 Å². The van der Waals surface area contributed by atoms with Crippen molar-refractivity contribution in [2.45, 2.75) is 13.3 Å². The normalized spacial score (nSPS) is 10.1. The van der Waals surface area contributed by atoms with Crippen LogP contribution in [0.1, 0.15) is 21.5 Å². The second kappa shape index (κ2) is 10.7. The Hall–Kier alpha value is -3.35. The second-order valence-corrected chi connectivity index (χ2v) is 6.10. The Labute approximate surface area is 164 Å². The molecule has 0 atom stereocenters. The van der Waals surface area contributed by atoms with Crippen LogP contribution < -0.4 is 15.4 Å². The lowest BCUT2D eigenvalue weighted by Gasteiger charge is -2.09. The topological polar surface area (TPSA) is 93.7 Å². The van der Waals surface area contributed by atoms with Crippen molar-refractivity contribution in [3.05, 3.63) is 65.2 Å². The number of rotatable bonds is 9. The average Bonchev–Trinajstić information content (AvgIpc) is 2.71. The maximum absolute atomic E-state index is 12.0. The number of hydrogen-bond donors (Lipinski definition) is 2. The molecular formula is C21H24N2O5. The third kappa shape index (κ3) is 6.75. The second-order valence-electron chi connectivity index (χ2n) is 6.10. The number of carbonyl (C=O) groups is 3. The first-order valence-electron chi connectivity index (χ1n) is 8.88. The summed E-state index contributed by atoms with van der Waals surface area (Å²) in [5, 5.41) is 5.14. The standard InChI is InChI=1S/C21H24N2O5/c1-15-6-3-4-7-16(15)10-11-22-19(24)14-28-20(25)13-23-21(26)17-8-5-9-18(12-17)27-2/h3-9,12H,10-11,13-14H2,1-2H3,(H,22,24)(H,23,26). The molecule has 0 aliphatic carbocycles. The number of esters is 1. The Morgan fingerprint density at radius 2 is 1.79 bits per heavy atom. The van der Waals surface area contributed by atoms with Gasteiger partial charge >= 0.3 is 5.97 Å². The van der Waals surface area contributed by atoms with Crippen LogP contribution in [-0.2, 0) is 20.7 Å². The first-order valence-corrected chi connectivity index (χ1v) is 8.88. The Morgan fingerprint density at radius 1 is 1.00 bits per heavy atom. The molecule has 0 heterocycles. The smallest absolute Gasteiger partial charge is 0.325 e. The van der Waals surface area contributed by atoms with E-state index in [9.17, 15) is 14.4 Å². The number of amides is 2. The monoisotopic (exact) mass is 384 g/mol. The van der Waals surface area contributed by atoms with E-state index in [0.29, 0.717) is 24.3 Å². The van der Waals surface area contributed by atoms with Crippen LogP contribution in [0.15, 0.2) is 48.5 Å². The number of nitrogens with one attached hydrogen (secondary N) is 2. The highest BCUT2D eigenvalue weighted by Crippen LogP contribution is 2.12. The molecule has 0 unspecified atom stereocenters. The Morgan fingerprint density at radius 3 is 2.54 bits per heavy atom. The van der Waals surface area contributed by atoms with Gasteiger partial charge in [-0.05, 0) is 42.7 Å². The molecule has 0 spiro atoms. The number of carbonyl (C=O) groups excluding carboxylic acids is 3. The maximum atomic E-state index is 12.0. The first-order chi connectivity index (χ1) is 13.5. The minimum Gasteiger partial charge on any atom is -0.497 e. The summed E-state index contributed by atoms with van der Waals surface area (Å²) >= 11 is 0. The van der Waals surface area contributed by atoms with Crippen LogP contribution in [0.3, 0.4) is 0 Å². The van der Waals surface area contributed by atoms with E-state index in [4.69, 9.17) is 9.47 Å². The molecule has 0 radical (unpaired) electrons. The minimum atomic E-state index is -0.690. The highest BCUT2D eigenvalue weighted by molar-refractivity contribution is 5.96. The predicted octanol–water partition coefficient (Wildman–Crippen LogP) is 1.64. The first kappa shape index (κ1) is 21.0. The fraction of sp³-hybridized carbons (Fsp3) is 0.286. The van der Waals surface area contributed by atoms with Crippen LogP contribution in [0, 0.1) is 6.92 Å².